The maximum absolute atomic E-state index is 7.94. The summed E-state index contributed by atoms with van der Waals surface area (Å²) in [6.07, 6.45) is 0. The van der Waals surface area contributed by atoms with Crippen LogP contribution in [0.5, 0.6) is 0 Å². The fourth-order valence-corrected chi connectivity index (χ4v) is 5.62. The van der Waals surface area contributed by atoms with Gasteiger partial charge in [-0.15, -0.1) is 17.0 Å². The molecule has 0 radical (unpaired) electrons. The zero-order chi connectivity index (χ0) is 26.4. The Morgan fingerprint density at radius 2 is 0.400 bits per heavy atom. The van der Waals surface area contributed by atoms with Gasteiger partial charge in [-0.2, -0.15) is 0 Å². The highest BCUT2D eigenvalue weighted by Crippen LogP contribution is 2.51. The number of hydrogen-bond donors (Lipinski definition) is 0. The van der Waals surface area contributed by atoms with E-state index in [1.54, 1.807) is 0 Å². The van der Waals surface area contributed by atoms with Gasteiger partial charge < -0.3 is 4.74 Å². The van der Waals surface area contributed by atoms with Crippen LogP contribution >= 0.6 is 17.0 Å². The van der Waals surface area contributed by atoms with Crippen LogP contribution in [0.25, 0.3) is 0 Å². The van der Waals surface area contributed by atoms with Gasteiger partial charge in [-0.05, 0) is 33.4 Å². The predicted octanol–water partition coefficient (Wildman–Crippen LogP) is 9.57. The van der Waals surface area contributed by atoms with Crippen molar-refractivity contribution in [2.45, 2.75) is 11.2 Å². The van der Waals surface area contributed by atoms with Crippen LogP contribution in [0.3, 0.4) is 0 Å². The molecule has 0 atom stereocenters. The molecule has 0 aromatic heterocycles. The average Bonchev–Trinajstić information content (AvgIpc) is 3.04. The van der Waals surface area contributed by atoms with Gasteiger partial charge >= 0.3 is 0 Å². The molecule has 0 aliphatic heterocycles. The first-order valence-corrected chi connectivity index (χ1v) is 13.4. The normalized spacial score (nSPS) is 11.4. The molecule has 0 aliphatic carbocycles. The lowest BCUT2D eigenvalue weighted by Crippen LogP contribution is -2.44. The van der Waals surface area contributed by atoms with E-state index in [9.17, 15) is 0 Å². The summed E-state index contributed by atoms with van der Waals surface area (Å²) < 4.78 is 7.94. The highest BCUT2D eigenvalue weighted by molar-refractivity contribution is 8.93. The highest BCUT2D eigenvalue weighted by atomic mass is 79.9. The molecule has 6 aromatic rings. The number of benzene rings is 6. The third-order valence-electron chi connectivity index (χ3n) is 7.39. The van der Waals surface area contributed by atoms with E-state index < -0.39 is 11.2 Å². The first-order chi connectivity index (χ1) is 19.3. The van der Waals surface area contributed by atoms with Gasteiger partial charge in [0.25, 0.3) is 0 Å². The molecule has 0 bridgehead atoms. The maximum atomic E-state index is 7.94. The van der Waals surface area contributed by atoms with Crippen LogP contribution in [0, 0.1) is 0 Å². The van der Waals surface area contributed by atoms with Crippen LogP contribution in [0.4, 0.5) is 0 Å². The number of rotatable bonds is 8. The molecule has 0 saturated heterocycles. The molecule has 6 rings (SSSR count). The van der Waals surface area contributed by atoms with Gasteiger partial charge in [0.2, 0.25) is 0 Å². The Morgan fingerprint density at radius 1 is 0.250 bits per heavy atom. The van der Waals surface area contributed by atoms with Gasteiger partial charge in [0.05, 0.1) is 0 Å². The molecular weight excluding hydrogens is 552 g/mol. The van der Waals surface area contributed by atoms with Crippen molar-refractivity contribution >= 4 is 17.0 Å². The standard InChI is InChI=1S/C38H30O.BrH/c1-7-19-31(20-8-1)37(32-21-9-2-10-22-32,33-23-11-3-12-24-33)39-38(34-25-13-4-14-26-34,35-27-15-5-16-28-35)36-29-17-6-18-30-36;/h1-30H;1H. The summed E-state index contributed by atoms with van der Waals surface area (Å²) in [7, 11) is 0. The molecule has 0 spiro atoms. The van der Waals surface area contributed by atoms with Crippen molar-refractivity contribution in [1.82, 2.24) is 0 Å². The van der Waals surface area contributed by atoms with Crippen LogP contribution in [0.1, 0.15) is 33.4 Å². The zero-order valence-electron chi connectivity index (χ0n) is 22.1. The Kier molecular flexibility index (Phi) is 8.40. The van der Waals surface area contributed by atoms with Crippen LogP contribution in [0.2, 0.25) is 0 Å². The number of halogens is 1. The Labute approximate surface area is 247 Å². The topological polar surface area (TPSA) is 9.23 Å². The minimum Gasteiger partial charge on any atom is -0.340 e. The van der Waals surface area contributed by atoms with Crippen molar-refractivity contribution in [3.05, 3.63) is 215 Å². The summed E-state index contributed by atoms with van der Waals surface area (Å²) in [4.78, 5) is 0. The molecule has 0 amide bonds. The van der Waals surface area contributed by atoms with Crippen molar-refractivity contribution in [1.29, 1.82) is 0 Å². The minimum absolute atomic E-state index is 0. The molecule has 0 heterocycles. The second kappa shape index (κ2) is 12.3. The summed E-state index contributed by atoms with van der Waals surface area (Å²) >= 11 is 0. The fraction of sp³-hybridized carbons (Fsp3) is 0.0526. The first-order valence-electron chi connectivity index (χ1n) is 13.4. The number of ether oxygens (including phenoxy) is 1. The smallest absolute Gasteiger partial charge is 0.145 e. The molecule has 40 heavy (non-hydrogen) atoms. The largest absolute Gasteiger partial charge is 0.340 e. The fourth-order valence-electron chi connectivity index (χ4n) is 5.62. The van der Waals surface area contributed by atoms with Crippen molar-refractivity contribution in [3.8, 4) is 0 Å². The molecule has 0 saturated carbocycles. The molecule has 0 aliphatic rings. The third kappa shape index (κ3) is 4.93. The van der Waals surface area contributed by atoms with E-state index in [0.29, 0.717) is 0 Å². The van der Waals surface area contributed by atoms with Crippen LogP contribution < -0.4 is 0 Å². The van der Waals surface area contributed by atoms with Crippen LogP contribution in [-0.2, 0) is 15.9 Å². The molecule has 0 N–H and O–H groups in total. The van der Waals surface area contributed by atoms with Crippen LogP contribution in [0.15, 0.2) is 182 Å². The van der Waals surface area contributed by atoms with Gasteiger partial charge in [0, 0.05) is 0 Å². The first kappa shape index (κ1) is 27.3. The molecule has 6 aromatic carbocycles. The van der Waals surface area contributed by atoms with E-state index in [1.165, 1.54) is 0 Å². The van der Waals surface area contributed by atoms with Gasteiger partial charge in [0.1, 0.15) is 11.2 Å². The van der Waals surface area contributed by atoms with Crippen molar-refractivity contribution in [2.24, 2.45) is 0 Å². The van der Waals surface area contributed by atoms with Gasteiger partial charge in [-0.25, -0.2) is 0 Å². The quantitative estimate of drug-likeness (QED) is 0.162. The van der Waals surface area contributed by atoms with E-state index in [2.05, 4.69) is 182 Å². The van der Waals surface area contributed by atoms with Crippen molar-refractivity contribution < 1.29 is 4.74 Å². The average molecular weight is 584 g/mol. The molecular formula is C38H31BrO. The van der Waals surface area contributed by atoms with E-state index in [-0.39, 0.29) is 17.0 Å². The summed E-state index contributed by atoms with van der Waals surface area (Å²) in [5.41, 5.74) is 4.54. The van der Waals surface area contributed by atoms with Crippen LogP contribution in [-0.4, -0.2) is 0 Å². The Balaban J connectivity index is 0.00000323. The third-order valence-corrected chi connectivity index (χ3v) is 7.39. The van der Waals surface area contributed by atoms with Gasteiger partial charge in [-0.3, -0.25) is 0 Å². The van der Waals surface area contributed by atoms with Gasteiger partial charge in [0.15, 0.2) is 0 Å². The van der Waals surface area contributed by atoms with E-state index >= 15 is 0 Å². The lowest BCUT2D eigenvalue weighted by molar-refractivity contribution is -0.0810. The van der Waals surface area contributed by atoms with Crippen molar-refractivity contribution in [3.63, 3.8) is 0 Å². The summed E-state index contributed by atoms with van der Waals surface area (Å²) in [5.74, 6) is 0. The molecule has 2 heteroatoms. The minimum atomic E-state index is -0.925. The van der Waals surface area contributed by atoms with E-state index in [0.717, 1.165) is 33.4 Å². The van der Waals surface area contributed by atoms with E-state index in [4.69, 9.17) is 4.74 Å². The zero-order valence-corrected chi connectivity index (χ0v) is 23.9. The van der Waals surface area contributed by atoms with Crippen molar-refractivity contribution in [2.75, 3.05) is 0 Å². The lowest BCUT2D eigenvalue weighted by atomic mass is 9.75. The Morgan fingerprint density at radius 3 is 0.550 bits per heavy atom. The molecule has 0 unspecified atom stereocenters. The Hall–Kier alpha value is -4.24. The SMILES string of the molecule is Br.c1ccc(C(OC(c2ccccc2)(c2ccccc2)c2ccccc2)(c2ccccc2)c2ccccc2)cc1. The molecule has 0 fully saturated rings. The molecule has 1 nitrogen and oxygen atoms in total. The summed E-state index contributed by atoms with van der Waals surface area (Å²) in [6.45, 7) is 0. The Bertz CT molecular complexity index is 1270. The maximum Gasteiger partial charge on any atom is 0.145 e. The molecule has 196 valence electrons. The lowest BCUT2D eigenvalue weighted by Gasteiger charge is -2.46. The second-order valence-corrected chi connectivity index (χ2v) is 9.66. The highest BCUT2D eigenvalue weighted by Gasteiger charge is 2.48. The summed E-state index contributed by atoms with van der Waals surface area (Å²) in [6, 6.07) is 63.5. The van der Waals surface area contributed by atoms with Gasteiger partial charge in [-0.1, -0.05) is 182 Å². The second-order valence-electron chi connectivity index (χ2n) is 9.66. The monoisotopic (exact) mass is 582 g/mol. The number of hydrogen-bond acceptors (Lipinski definition) is 1. The summed E-state index contributed by atoms with van der Waals surface area (Å²) in [5, 5.41) is 0. The predicted molar refractivity (Wildman–Crippen MR) is 170 cm³/mol. The van der Waals surface area contributed by atoms with E-state index in [1.807, 2.05) is 0 Å².